The third-order valence-corrected chi connectivity index (χ3v) is 3.41. The second-order valence-electron chi connectivity index (χ2n) is 4.62. The van der Waals surface area contributed by atoms with Crippen LogP contribution < -0.4 is 0 Å². The van der Waals surface area contributed by atoms with Crippen molar-refractivity contribution in [2.24, 2.45) is 0 Å². The molecule has 2 N–H and O–H groups in total. The van der Waals surface area contributed by atoms with E-state index in [1.54, 1.807) is 0 Å². The Hall–Kier alpha value is -2.46. The van der Waals surface area contributed by atoms with E-state index in [1.165, 1.54) is 0 Å². The van der Waals surface area contributed by atoms with E-state index in [9.17, 15) is 5.11 Å². The third-order valence-electron chi connectivity index (χ3n) is 3.41. The van der Waals surface area contributed by atoms with Crippen LogP contribution in [0, 0.1) is 0 Å². The average Bonchev–Trinajstić information content (AvgIpc) is 2.96. The van der Waals surface area contributed by atoms with Gasteiger partial charge < -0.3 is 5.11 Å². The van der Waals surface area contributed by atoms with Gasteiger partial charge in [-0.1, -0.05) is 41.6 Å². The first-order chi connectivity index (χ1) is 9.85. The maximum absolute atomic E-state index is 9.56. The van der Waals surface area contributed by atoms with Gasteiger partial charge in [-0.05, 0) is 29.2 Å². The molecule has 0 bridgehead atoms. The van der Waals surface area contributed by atoms with Crippen molar-refractivity contribution in [3.8, 4) is 11.1 Å². The lowest BCUT2D eigenvalue weighted by Crippen LogP contribution is -1.95. The Morgan fingerprint density at radius 1 is 1.15 bits per heavy atom. The minimum atomic E-state index is -0.00204. The summed E-state index contributed by atoms with van der Waals surface area (Å²) in [5.74, 6) is 0. The lowest BCUT2D eigenvalue weighted by atomic mass is 9.93. The molecule has 3 rings (SSSR count). The molecule has 0 radical (unpaired) electrons. The van der Waals surface area contributed by atoms with Gasteiger partial charge in [-0.3, -0.25) is 5.10 Å². The first-order valence-electron chi connectivity index (χ1n) is 6.48. The number of aliphatic hydroxyl groups is 1. The predicted octanol–water partition coefficient (Wildman–Crippen LogP) is 2.85. The Morgan fingerprint density at radius 3 is 2.80 bits per heavy atom. The van der Waals surface area contributed by atoms with Crippen LogP contribution in [-0.4, -0.2) is 20.5 Å². The summed E-state index contributed by atoms with van der Waals surface area (Å²) in [5, 5.41) is 20.5. The highest BCUT2D eigenvalue weighted by atomic mass is 16.3. The van der Waals surface area contributed by atoms with Gasteiger partial charge in [0.1, 0.15) is 5.52 Å². The van der Waals surface area contributed by atoms with Crippen molar-refractivity contribution in [2.45, 2.75) is 13.0 Å². The molecule has 0 fully saturated rings. The Labute approximate surface area is 116 Å². The zero-order chi connectivity index (χ0) is 13.9. The quantitative estimate of drug-likeness (QED) is 0.713. The molecule has 3 aromatic rings. The maximum atomic E-state index is 9.56. The van der Waals surface area contributed by atoms with Crippen molar-refractivity contribution in [3.05, 3.63) is 60.2 Å². The summed E-state index contributed by atoms with van der Waals surface area (Å²) in [6.45, 7) is 3.81. The van der Waals surface area contributed by atoms with Crippen LogP contribution >= 0.6 is 0 Å². The highest BCUT2D eigenvalue weighted by Crippen LogP contribution is 2.33. The molecule has 0 atom stereocenters. The number of aromatic amines is 1. The Kier molecular flexibility index (Phi) is 3.31. The van der Waals surface area contributed by atoms with Crippen molar-refractivity contribution in [1.29, 1.82) is 0 Å². The summed E-state index contributed by atoms with van der Waals surface area (Å²) in [6.07, 6.45) is 2.62. The molecule has 0 aliphatic heterocycles. The zero-order valence-corrected chi connectivity index (χ0v) is 11.0. The molecule has 0 aliphatic rings. The number of nitrogens with one attached hydrogen (secondary N) is 1. The number of fused-ring (bicyclic) bond motifs is 1. The second-order valence-corrected chi connectivity index (χ2v) is 4.62. The van der Waals surface area contributed by atoms with Gasteiger partial charge in [-0.15, -0.1) is 11.7 Å². The molecule has 100 valence electrons. The van der Waals surface area contributed by atoms with E-state index in [4.69, 9.17) is 0 Å². The molecule has 20 heavy (non-hydrogen) atoms. The van der Waals surface area contributed by atoms with E-state index in [-0.39, 0.29) is 6.61 Å². The number of rotatable bonds is 4. The minimum Gasteiger partial charge on any atom is -0.392 e. The fraction of sp³-hybridized carbons (Fsp3) is 0.125. The molecule has 0 aliphatic carbocycles. The fourth-order valence-electron chi connectivity index (χ4n) is 2.48. The van der Waals surface area contributed by atoms with Gasteiger partial charge in [0.15, 0.2) is 0 Å². The number of nitrogens with zero attached hydrogens (tertiary/aromatic N) is 2. The van der Waals surface area contributed by atoms with Crippen LogP contribution in [0.25, 0.3) is 22.2 Å². The standard InChI is InChI=1S/C16H15N3O/c1-2-5-11-8-9-14-16(18-19-17-14)15(11)13-7-4-3-6-12(13)10-20/h2-4,6-9,20H,1,5,10H2,(H,17,18,19). The molecule has 0 saturated carbocycles. The number of aromatic nitrogens is 3. The Morgan fingerprint density at radius 2 is 2.00 bits per heavy atom. The van der Waals surface area contributed by atoms with E-state index in [1.807, 2.05) is 42.5 Å². The molecule has 2 aromatic carbocycles. The molecule has 0 unspecified atom stereocenters. The summed E-state index contributed by atoms with van der Waals surface area (Å²) in [7, 11) is 0. The van der Waals surface area contributed by atoms with Gasteiger partial charge in [0.05, 0.1) is 12.1 Å². The molecule has 1 heterocycles. The summed E-state index contributed by atoms with van der Waals surface area (Å²) in [6, 6.07) is 11.8. The molecular weight excluding hydrogens is 250 g/mol. The van der Waals surface area contributed by atoms with Crippen LogP contribution in [0.5, 0.6) is 0 Å². The van der Waals surface area contributed by atoms with Crippen molar-refractivity contribution < 1.29 is 5.11 Å². The van der Waals surface area contributed by atoms with Gasteiger partial charge in [0.2, 0.25) is 0 Å². The van der Waals surface area contributed by atoms with Crippen LogP contribution in [0.4, 0.5) is 0 Å². The fourth-order valence-corrected chi connectivity index (χ4v) is 2.48. The Balaban J connectivity index is 2.34. The van der Waals surface area contributed by atoms with Crippen molar-refractivity contribution >= 4 is 11.0 Å². The lowest BCUT2D eigenvalue weighted by molar-refractivity contribution is 0.282. The van der Waals surface area contributed by atoms with Crippen LogP contribution in [0.2, 0.25) is 0 Å². The monoisotopic (exact) mass is 265 g/mol. The zero-order valence-electron chi connectivity index (χ0n) is 11.0. The van der Waals surface area contributed by atoms with Crippen LogP contribution in [0.15, 0.2) is 49.1 Å². The van der Waals surface area contributed by atoms with Gasteiger partial charge in [-0.25, -0.2) is 0 Å². The van der Waals surface area contributed by atoms with Gasteiger partial charge in [0.25, 0.3) is 0 Å². The first-order valence-corrected chi connectivity index (χ1v) is 6.48. The summed E-state index contributed by atoms with van der Waals surface area (Å²) in [4.78, 5) is 0. The van der Waals surface area contributed by atoms with Crippen molar-refractivity contribution in [3.63, 3.8) is 0 Å². The Bertz CT molecular complexity index is 761. The van der Waals surface area contributed by atoms with Crippen LogP contribution in [-0.2, 0) is 13.0 Å². The topological polar surface area (TPSA) is 61.8 Å². The first kappa shape index (κ1) is 12.6. The molecule has 4 heteroatoms. The number of benzene rings is 2. The molecule has 0 amide bonds. The number of H-pyrrole nitrogens is 1. The average molecular weight is 265 g/mol. The smallest absolute Gasteiger partial charge is 0.121 e. The maximum Gasteiger partial charge on any atom is 0.121 e. The van der Waals surface area contributed by atoms with Crippen molar-refractivity contribution in [1.82, 2.24) is 15.4 Å². The minimum absolute atomic E-state index is 0.00204. The third kappa shape index (κ3) is 2.00. The molecule has 1 aromatic heterocycles. The van der Waals surface area contributed by atoms with Gasteiger partial charge in [-0.2, -0.15) is 0 Å². The van der Waals surface area contributed by atoms with E-state index >= 15 is 0 Å². The predicted molar refractivity (Wildman–Crippen MR) is 79.1 cm³/mol. The summed E-state index contributed by atoms with van der Waals surface area (Å²) in [5.41, 5.74) is 5.73. The summed E-state index contributed by atoms with van der Waals surface area (Å²) >= 11 is 0. The number of hydrogen-bond acceptors (Lipinski definition) is 3. The number of hydrogen-bond donors (Lipinski definition) is 2. The molecule has 0 spiro atoms. The number of aliphatic hydroxyl groups excluding tert-OH is 1. The lowest BCUT2D eigenvalue weighted by Gasteiger charge is -2.12. The van der Waals surface area contributed by atoms with E-state index in [2.05, 4.69) is 22.0 Å². The molecule has 4 nitrogen and oxygen atoms in total. The van der Waals surface area contributed by atoms with Crippen LogP contribution in [0.1, 0.15) is 11.1 Å². The van der Waals surface area contributed by atoms with Crippen LogP contribution in [0.3, 0.4) is 0 Å². The highest BCUT2D eigenvalue weighted by Gasteiger charge is 2.14. The number of allylic oxidation sites excluding steroid dienone is 1. The highest BCUT2D eigenvalue weighted by molar-refractivity contribution is 5.94. The normalized spacial score (nSPS) is 10.8. The van der Waals surface area contributed by atoms with E-state index in [0.717, 1.165) is 39.7 Å². The van der Waals surface area contributed by atoms with E-state index < -0.39 is 0 Å². The summed E-state index contributed by atoms with van der Waals surface area (Å²) < 4.78 is 0. The molecule has 0 saturated heterocycles. The molecular formula is C16H15N3O. The van der Waals surface area contributed by atoms with Crippen molar-refractivity contribution in [2.75, 3.05) is 0 Å². The van der Waals surface area contributed by atoms with Gasteiger partial charge in [0, 0.05) is 5.56 Å². The second kappa shape index (κ2) is 5.27. The SMILES string of the molecule is C=CCc1ccc2[nH]nnc2c1-c1ccccc1CO. The largest absolute Gasteiger partial charge is 0.392 e. The van der Waals surface area contributed by atoms with E-state index in [0.29, 0.717) is 0 Å². The van der Waals surface area contributed by atoms with Gasteiger partial charge >= 0.3 is 0 Å².